The van der Waals surface area contributed by atoms with E-state index in [0.717, 1.165) is 11.1 Å². The van der Waals surface area contributed by atoms with E-state index in [2.05, 4.69) is 6.58 Å². The predicted octanol–water partition coefficient (Wildman–Crippen LogP) is 2.73. The van der Waals surface area contributed by atoms with Crippen molar-refractivity contribution < 1.29 is 4.39 Å². The first-order valence-corrected chi connectivity index (χ1v) is 4.73. The summed E-state index contributed by atoms with van der Waals surface area (Å²) in [6, 6.07) is 7.45. The lowest BCUT2D eigenvalue weighted by atomic mass is 9.94. The van der Waals surface area contributed by atoms with Crippen molar-refractivity contribution in [3.8, 4) is 0 Å². The van der Waals surface area contributed by atoms with Gasteiger partial charge in [-0.3, -0.25) is 0 Å². The van der Waals surface area contributed by atoms with Gasteiger partial charge in [-0.15, -0.1) is 0 Å². The summed E-state index contributed by atoms with van der Waals surface area (Å²) in [5.74, 6) is 0.0545. The first kappa shape index (κ1) is 10.9. The third-order valence-electron chi connectivity index (χ3n) is 2.52. The van der Waals surface area contributed by atoms with Crippen molar-refractivity contribution in [1.82, 2.24) is 0 Å². The summed E-state index contributed by atoms with van der Waals surface area (Å²) in [7, 11) is 0. The van der Waals surface area contributed by atoms with Gasteiger partial charge in [0.15, 0.2) is 0 Å². The normalized spacial score (nSPS) is 14.8. The Kier molecular flexibility index (Phi) is 3.84. The molecule has 0 spiro atoms. The maximum atomic E-state index is 12.3. The van der Waals surface area contributed by atoms with E-state index < -0.39 is 12.7 Å². The van der Waals surface area contributed by atoms with Crippen LogP contribution < -0.4 is 5.73 Å². The van der Waals surface area contributed by atoms with Gasteiger partial charge in [-0.1, -0.05) is 43.8 Å². The van der Waals surface area contributed by atoms with Gasteiger partial charge >= 0.3 is 0 Å². The largest absolute Gasteiger partial charge is 0.325 e. The molecule has 0 aromatic heterocycles. The molecule has 0 amide bonds. The van der Waals surface area contributed by atoms with Crippen LogP contribution in [0.1, 0.15) is 24.0 Å². The third-order valence-corrected chi connectivity index (χ3v) is 2.52. The van der Waals surface area contributed by atoms with Crippen molar-refractivity contribution in [1.29, 1.82) is 0 Å². The molecule has 2 atom stereocenters. The molecule has 1 nitrogen and oxygen atoms in total. The Hall–Kier alpha value is -1.15. The quantitative estimate of drug-likeness (QED) is 0.781. The first-order valence-electron chi connectivity index (χ1n) is 4.73. The highest BCUT2D eigenvalue weighted by Crippen LogP contribution is 2.19. The molecule has 1 aromatic rings. The summed E-state index contributed by atoms with van der Waals surface area (Å²) in [6.07, 6.45) is 1.78. The molecular formula is C12H16FN. The molecule has 0 aliphatic carbocycles. The zero-order valence-corrected chi connectivity index (χ0v) is 8.41. The van der Waals surface area contributed by atoms with Crippen molar-refractivity contribution >= 4 is 6.08 Å². The minimum Gasteiger partial charge on any atom is -0.325 e. The van der Waals surface area contributed by atoms with Crippen molar-refractivity contribution in [2.45, 2.75) is 18.9 Å². The van der Waals surface area contributed by atoms with Crippen LogP contribution in [0.25, 0.3) is 6.08 Å². The van der Waals surface area contributed by atoms with E-state index in [4.69, 9.17) is 5.73 Å². The van der Waals surface area contributed by atoms with Gasteiger partial charge in [0.2, 0.25) is 0 Å². The fourth-order valence-corrected chi connectivity index (χ4v) is 1.32. The Labute approximate surface area is 84.4 Å². The summed E-state index contributed by atoms with van der Waals surface area (Å²) in [5, 5.41) is 0. The lowest BCUT2D eigenvalue weighted by Crippen LogP contribution is -2.28. The van der Waals surface area contributed by atoms with Gasteiger partial charge < -0.3 is 5.73 Å². The molecule has 0 bridgehead atoms. The van der Waals surface area contributed by atoms with Crippen LogP contribution in [-0.2, 0) is 0 Å². The minimum absolute atomic E-state index is 0.0545. The zero-order chi connectivity index (χ0) is 10.6. The van der Waals surface area contributed by atoms with Gasteiger partial charge in [0, 0.05) is 6.04 Å². The van der Waals surface area contributed by atoms with Crippen molar-refractivity contribution in [3.05, 3.63) is 42.0 Å². The molecule has 0 radical (unpaired) electrons. The second-order valence-corrected chi connectivity index (χ2v) is 3.48. The van der Waals surface area contributed by atoms with Gasteiger partial charge in [-0.05, 0) is 17.0 Å². The minimum atomic E-state index is -0.482. The van der Waals surface area contributed by atoms with Crippen LogP contribution in [-0.4, -0.2) is 12.7 Å². The highest BCUT2D eigenvalue weighted by atomic mass is 19.1. The fraction of sp³-hybridized carbons (Fsp3) is 0.333. The average Bonchev–Trinajstić information content (AvgIpc) is 2.27. The van der Waals surface area contributed by atoms with Gasteiger partial charge in [0.25, 0.3) is 0 Å². The Morgan fingerprint density at radius 3 is 2.43 bits per heavy atom. The Balaban J connectivity index is 2.80. The van der Waals surface area contributed by atoms with Crippen LogP contribution in [0.15, 0.2) is 30.8 Å². The summed E-state index contributed by atoms with van der Waals surface area (Å²) >= 11 is 0. The standard InChI is InChI=1S/C12H16FN/c1-3-10-4-6-11(7-5-10)9(2)12(14)8-13/h3-7,9,12H,1,8,14H2,2H3. The van der Waals surface area contributed by atoms with Crippen molar-refractivity contribution in [2.75, 3.05) is 6.67 Å². The molecule has 2 unspecified atom stereocenters. The SMILES string of the molecule is C=Cc1ccc(C(C)C(N)CF)cc1. The first-order chi connectivity index (χ1) is 6.69. The maximum Gasteiger partial charge on any atom is 0.105 e. The van der Waals surface area contributed by atoms with E-state index in [1.807, 2.05) is 31.2 Å². The second kappa shape index (κ2) is 4.91. The average molecular weight is 193 g/mol. The molecule has 2 heteroatoms. The van der Waals surface area contributed by atoms with E-state index in [1.165, 1.54) is 0 Å². The van der Waals surface area contributed by atoms with Crippen LogP contribution in [0.5, 0.6) is 0 Å². The van der Waals surface area contributed by atoms with Gasteiger partial charge in [-0.25, -0.2) is 4.39 Å². The molecule has 1 rings (SSSR count). The number of hydrogen-bond donors (Lipinski definition) is 1. The van der Waals surface area contributed by atoms with Crippen LogP contribution in [0.4, 0.5) is 4.39 Å². The molecule has 0 fully saturated rings. The van der Waals surface area contributed by atoms with E-state index >= 15 is 0 Å². The predicted molar refractivity (Wildman–Crippen MR) is 58.9 cm³/mol. The van der Waals surface area contributed by atoms with Crippen molar-refractivity contribution in [3.63, 3.8) is 0 Å². The topological polar surface area (TPSA) is 26.0 Å². The number of benzene rings is 1. The summed E-state index contributed by atoms with van der Waals surface area (Å²) < 4.78 is 12.3. The summed E-state index contributed by atoms with van der Waals surface area (Å²) in [4.78, 5) is 0. The Morgan fingerprint density at radius 1 is 1.43 bits per heavy atom. The number of rotatable bonds is 4. The van der Waals surface area contributed by atoms with E-state index in [0.29, 0.717) is 0 Å². The van der Waals surface area contributed by atoms with Crippen LogP contribution >= 0.6 is 0 Å². The zero-order valence-electron chi connectivity index (χ0n) is 8.41. The number of halogens is 1. The molecule has 2 N–H and O–H groups in total. The lowest BCUT2D eigenvalue weighted by Gasteiger charge is -2.17. The molecule has 0 saturated heterocycles. The fourth-order valence-electron chi connectivity index (χ4n) is 1.32. The van der Waals surface area contributed by atoms with E-state index in [9.17, 15) is 4.39 Å². The molecule has 0 aliphatic rings. The summed E-state index contributed by atoms with van der Waals surface area (Å²) in [6.45, 7) is 5.13. The number of nitrogens with two attached hydrogens (primary N) is 1. The number of alkyl halides is 1. The van der Waals surface area contributed by atoms with Gasteiger partial charge in [0.1, 0.15) is 6.67 Å². The molecule has 14 heavy (non-hydrogen) atoms. The molecule has 76 valence electrons. The smallest absolute Gasteiger partial charge is 0.105 e. The Morgan fingerprint density at radius 2 is 2.00 bits per heavy atom. The number of hydrogen-bond acceptors (Lipinski definition) is 1. The van der Waals surface area contributed by atoms with Crippen molar-refractivity contribution in [2.24, 2.45) is 5.73 Å². The highest BCUT2D eigenvalue weighted by Gasteiger charge is 2.13. The molecular weight excluding hydrogens is 177 g/mol. The molecule has 0 aliphatic heterocycles. The maximum absolute atomic E-state index is 12.3. The van der Waals surface area contributed by atoms with Gasteiger partial charge in [-0.2, -0.15) is 0 Å². The monoisotopic (exact) mass is 193 g/mol. The lowest BCUT2D eigenvalue weighted by molar-refractivity contribution is 0.396. The second-order valence-electron chi connectivity index (χ2n) is 3.48. The molecule has 0 saturated carbocycles. The third kappa shape index (κ3) is 2.42. The van der Waals surface area contributed by atoms with E-state index in [-0.39, 0.29) is 5.92 Å². The van der Waals surface area contributed by atoms with E-state index in [1.54, 1.807) is 6.08 Å². The highest BCUT2D eigenvalue weighted by molar-refractivity contribution is 5.47. The Bertz CT molecular complexity index is 292. The molecule has 0 heterocycles. The van der Waals surface area contributed by atoms with Crippen LogP contribution in [0.2, 0.25) is 0 Å². The molecule has 1 aromatic carbocycles. The summed E-state index contributed by atoms with van der Waals surface area (Å²) in [5.41, 5.74) is 7.76. The van der Waals surface area contributed by atoms with Gasteiger partial charge in [0.05, 0.1) is 0 Å². The van der Waals surface area contributed by atoms with Crippen LogP contribution in [0, 0.1) is 0 Å². The van der Waals surface area contributed by atoms with Crippen LogP contribution in [0.3, 0.4) is 0 Å².